The first-order valence-electron chi connectivity index (χ1n) is 9.84. The lowest BCUT2D eigenvalue weighted by molar-refractivity contribution is -0.140. The summed E-state index contributed by atoms with van der Waals surface area (Å²) in [6.07, 6.45) is 3.18. The second-order valence-corrected chi connectivity index (χ2v) is 7.50. The number of likely N-dealkylation sites (tertiary alicyclic amines) is 1. The number of aliphatic hydroxyl groups excluding tert-OH is 1. The summed E-state index contributed by atoms with van der Waals surface area (Å²) >= 11 is 0. The van der Waals surface area contributed by atoms with Gasteiger partial charge in [-0.1, -0.05) is 13.8 Å². The van der Waals surface area contributed by atoms with Crippen LogP contribution in [0.4, 0.5) is 0 Å². The SMILES string of the molecule is COCCN1C(=O)C(=O)C(=C(O)c2ccc(OCC(C)C)cc2)[C@@H]1c1ccncc1. The Morgan fingerprint density at radius 2 is 1.80 bits per heavy atom. The summed E-state index contributed by atoms with van der Waals surface area (Å²) in [5.41, 5.74) is 1.19. The van der Waals surface area contributed by atoms with Crippen LogP contribution >= 0.6 is 0 Å². The first kappa shape index (κ1) is 21.5. The number of Topliss-reactive ketones (excluding diaryl/α,β-unsaturated/α-hetero) is 1. The van der Waals surface area contributed by atoms with Gasteiger partial charge in [0.05, 0.1) is 24.8 Å². The number of pyridine rings is 1. The van der Waals surface area contributed by atoms with Crippen molar-refractivity contribution in [1.82, 2.24) is 9.88 Å². The lowest BCUT2D eigenvalue weighted by Crippen LogP contribution is -2.32. The molecule has 1 N–H and O–H groups in total. The smallest absolute Gasteiger partial charge is 0.295 e. The van der Waals surface area contributed by atoms with E-state index in [-0.39, 0.29) is 24.5 Å². The summed E-state index contributed by atoms with van der Waals surface area (Å²) in [4.78, 5) is 30.9. The first-order valence-corrected chi connectivity index (χ1v) is 9.84. The third-order valence-electron chi connectivity index (χ3n) is 4.81. The molecule has 158 valence electrons. The quantitative estimate of drug-likeness (QED) is 0.408. The lowest BCUT2D eigenvalue weighted by Gasteiger charge is -2.24. The van der Waals surface area contributed by atoms with Crippen molar-refractivity contribution in [3.05, 3.63) is 65.5 Å². The number of aliphatic hydroxyl groups is 1. The summed E-state index contributed by atoms with van der Waals surface area (Å²) < 4.78 is 10.8. The number of benzene rings is 1. The molecule has 3 rings (SSSR count). The molecule has 0 saturated carbocycles. The van der Waals surface area contributed by atoms with Gasteiger partial charge >= 0.3 is 0 Å². The Hall–Kier alpha value is -3.19. The molecule has 0 aliphatic carbocycles. The number of hydrogen-bond donors (Lipinski definition) is 1. The third-order valence-corrected chi connectivity index (χ3v) is 4.81. The number of carbonyl (C=O) groups is 2. The summed E-state index contributed by atoms with van der Waals surface area (Å²) in [6, 6.07) is 9.58. The Bertz CT molecular complexity index is 922. The van der Waals surface area contributed by atoms with Gasteiger partial charge < -0.3 is 19.5 Å². The van der Waals surface area contributed by atoms with Gasteiger partial charge in [-0.2, -0.15) is 0 Å². The fourth-order valence-electron chi connectivity index (χ4n) is 3.32. The Labute approximate surface area is 175 Å². The summed E-state index contributed by atoms with van der Waals surface area (Å²) in [6.45, 7) is 5.20. The van der Waals surface area contributed by atoms with E-state index < -0.39 is 17.7 Å². The van der Waals surface area contributed by atoms with Crippen molar-refractivity contribution in [2.24, 2.45) is 5.92 Å². The van der Waals surface area contributed by atoms with Gasteiger partial charge in [-0.3, -0.25) is 14.6 Å². The molecule has 1 aliphatic heterocycles. The van der Waals surface area contributed by atoms with Crippen molar-refractivity contribution < 1.29 is 24.2 Å². The van der Waals surface area contributed by atoms with E-state index in [0.29, 0.717) is 29.4 Å². The second kappa shape index (κ2) is 9.54. The van der Waals surface area contributed by atoms with Crippen molar-refractivity contribution in [2.45, 2.75) is 19.9 Å². The zero-order valence-electron chi connectivity index (χ0n) is 17.4. The van der Waals surface area contributed by atoms with Crippen molar-refractivity contribution in [1.29, 1.82) is 0 Å². The highest BCUT2D eigenvalue weighted by atomic mass is 16.5. The number of carbonyl (C=O) groups excluding carboxylic acids is 2. The van der Waals surface area contributed by atoms with Crippen LogP contribution in [-0.4, -0.2) is 53.5 Å². The molecule has 0 spiro atoms. The van der Waals surface area contributed by atoms with E-state index in [1.54, 1.807) is 48.8 Å². The molecule has 1 aromatic carbocycles. The minimum Gasteiger partial charge on any atom is -0.507 e. The van der Waals surface area contributed by atoms with Crippen LogP contribution in [0.1, 0.15) is 31.0 Å². The average molecular weight is 410 g/mol. The maximum atomic E-state index is 12.8. The Morgan fingerprint density at radius 3 is 2.40 bits per heavy atom. The van der Waals surface area contributed by atoms with Gasteiger partial charge in [-0.15, -0.1) is 0 Å². The first-order chi connectivity index (χ1) is 14.4. The maximum Gasteiger partial charge on any atom is 0.295 e. The van der Waals surface area contributed by atoms with E-state index in [1.807, 2.05) is 0 Å². The van der Waals surface area contributed by atoms with Crippen LogP contribution in [0.2, 0.25) is 0 Å². The molecule has 0 bridgehead atoms. The number of aromatic nitrogens is 1. The van der Waals surface area contributed by atoms with Gasteiger partial charge in [0.1, 0.15) is 11.5 Å². The highest BCUT2D eigenvalue weighted by molar-refractivity contribution is 6.46. The van der Waals surface area contributed by atoms with Gasteiger partial charge in [0.2, 0.25) is 0 Å². The van der Waals surface area contributed by atoms with Crippen molar-refractivity contribution in [3.8, 4) is 5.75 Å². The maximum absolute atomic E-state index is 12.8. The number of rotatable bonds is 8. The molecule has 1 aromatic heterocycles. The number of ether oxygens (including phenoxy) is 2. The number of nitrogens with zero attached hydrogens (tertiary/aromatic N) is 2. The molecule has 1 saturated heterocycles. The molecule has 1 aliphatic rings. The number of methoxy groups -OCH3 is 1. The molecule has 1 atom stereocenters. The standard InChI is InChI=1S/C23H26N2O5/c1-15(2)14-30-18-6-4-17(5-7-18)21(26)19-20(16-8-10-24-11-9-16)25(12-13-29-3)23(28)22(19)27/h4-11,15,20,26H,12-14H2,1-3H3/t20-/m0/s1. The van der Waals surface area contributed by atoms with Gasteiger partial charge in [-0.25, -0.2) is 0 Å². The molecular formula is C23H26N2O5. The molecule has 0 unspecified atom stereocenters. The second-order valence-electron chi connectivity index (χ2n) is 7.50. The lowest BCUT2D eigenvalue weighted by atomic mass is 9.96. The zero-order valence-corrected chi connectivity index (χ0v) is 17.4. The summed E-state index contributed by atoms with van der Waals surface area (Å²) in [5, 5.41) is 11.0. The van der Waals surface area contributed by atoms with E-state index in [1.165, 1.54) is 12.0 Å². The largest absolute Gasteiger partial charge is 0.507 e. The van der Waals surface area contributed by atoms with Crippen LogP contribution in [0.25, 0.3) is 5.76 Å². The predicted octanol–water partition coefficient (Wildman–Crippen LogP) is 3.18. The molecule has 30 heavy (non-hydrogen) atoms. The van der Waals surface area contributed by atoms with E-state index in [0.717, 1.165) is 0 Å². The fraction of sp³-hybridized carbons (Fsp3) is 0.348. The Kier molecular flexibility index (Phi) is 6.84. The summed E-state index contributed by atoms with van der Waals surface area (Å²) in [7, 11) is 1.53. The molecule has 1 fully saturated rings. The minimum absolute atomic E-state index is 0.0538. The van der Waals surface area contributed by atoms with Crippen LogP contribution in [0, 0.1) is 5.92 Å². The fourth-order valence-corrected chi connectivity index (χ4v) is 3.32. The molecule has 1 amide bonds. The van der Waals surface area contributed by atoms with Gasteiger partial charge in [-0.05, 0) is 47.9 Å². The molecule has 7 nitrogen and oxygen atoms in total. The van der Waals surface area contributed by atoms with Crippen LogP contribution in [0.3, 0.4) is 0 Å². The van der Waals surface area contributed by atoms with Gasteiger partial charge in [0.25, 0.3) is 11.7 Å². The third kappa shape index (κ3) is 4.52. The highest BCUT2D eigenvalue weighted by Crippen LogP contribution is 2.39. The van der Waals surface area contributed by atoms with Gasteiger partial charge in [0.15, 0.2) is 0 Å². The van der Waals surface area contributed by atoms with Crippen molar-refractivity contribution in [3.63, 3.8) is 0 Å². The van der Waals surface area contributed by atoms with Crippen LogP contribution in [0.5, 0.6) is 5.75 Å². The van der Waals surface area contributed by atoms with Crippen LogP contribution in [0.15, 0.2) is 54.4 Å². The predicted molar refractivity (Wildman–Crippen MR) is 112 cm³/mol. The number of ketones is 1. The Balaban J connectivity index is 2.00. The minimum atomic E-state index is -0.717. The van der Waals surface area contributed by atoms with E-state index in [9.17, 15) is 14.7 Å². The van der Waals surface area contributed by atoms with Crippen LogP contribution < -0.4 is 4.74 Å². The van der Waals surface area contributed by atoms with Gasteiger partial charge in [0, 0.05) is 31.6 Å². The Morgan fingerprint density at radius 1 is 1.13 bits per heavy atom. The highest BCUT2D eigenvalue weighted by Gasteiger charge is 2.45. The molecular weight excluding hydrogens is 384 g/mol. The molecule has 0 radical (unpaired) electrons. The topological polar surface area (TPSA) is 89.0 Å². The summed E-state index contributed by atoms with van der Waals surface area (Å²) in [5.74, 6) is -0.531. The molecule has 2 heterocycles. The van der Waals surface area contributed by atoms with E-state index in [4.69, 9.17) is 9.47 Å². The monoisotopic (exact) mass is 410 g/mol. The molecule has 2 aromatic rings. The number of amides is 1. The average Bonchev–Trinajstić information content (AvgIpc) is 3.01. The van der Waals surface area contributed by atoms with Crippen molar-refractivity contribution >= 4 is 17.4 Å². The van der Waals surface area contributed by atoms with Crippen molar-refractivity contribution in [2.75, 3.05) is 26.9 Å². The normalized spacial score (nSPS) is 18.3. The van der Waals surface area contributed by atoms with E-state index >= 15 is 0 Å². The van der Waals surface area contributed by atoms with Crippen LogP contribution in [-0.2, 0) is 14.3 Å². The number of hydrogen-bond acceptors (Lipinski definition) is 6. The molecule has 7 heteroatoms. The van der Waals surface area contributed by atoms with E-state index in [2.05, 4.69) is 18.8 Å². The zero-order chi connectivity index (χ0) is 21.7.